The molecule has 0 N–H and O–H groups in total. The molecule has 1 aromatic carbocycles. The summed E-state index contributed by atoms with van der Waals surface area (Å²) in [7, 11) is 0. The summed E-state index contributed by atoms with van der Waals surface area (Å²) in [6, 6.07) is 9.50. The second-order valence-electron chi connectivity index (χ2n) is 5.22. The number of hydrogen-bond acceptors (Lipinski definition) is 4. The van der Waals surface area contributed by atoms with Crippen molar-refractivity contribution < 1.29 is 13.7 Å². The molecule has 1 aliphatic rings. The van der Waals surface area contributed by atoms with E-state index in [4.69, 9.17) is 4.42 Å². The van der Waals surface area contributed by atoms with E-state index in [1.54, 1.807) is 18.2 Å². The van der Waals surface area contributed by atoms with Gasteiger partial charge in [0.1, 0.15) is 16.5 Å². The average molecular weight is 302 g/mol. The average Bonchev–Trinajstić information content (AvgIpc) is 2.98. The molecule has 0 fully saturated rings. The summed E-state index contributed by atoms with van der Waals surface area (Å²) >= 11 is 0. The zero-order valence-electron chi connectivity index (χ0n) is 11.9. The van der Waals surface area contributed by atoms with Crippen molar-refractivity contribution in [3.8, 4) is 0 Å². The predicted octanol–water partition coefficient (Wildman–Crippen LogP) is 3.62. The Morgan fingerprint density at radius 1 is 1.23 bits per heavy atom. The van der Waals surface area contributed by atoms with Crippen molar-refractivity contribution in [1.82, 2.24) is 4.90 Å². The maximum Gasteiger partial charge on any atom is 0.433 e. The standard InChI is InChI=1S/C16H15FN2O3/c17-14-3-1-12(2-4-14)13-7-9-18(10-8-13)11-15-5-6-16(22-15)19(20)21/h1-7H,8-11H2. The smallest absolute Gasteiger partial charge is 0.404 e. The van der Waals surface area contributed by atoms with Crippen molar-refractivity contribution in [3.05, 3.63) is 69.7 Å². The quantitative estimate of drug-likeness (QED) is 0.639. The molecule has 3 rings (SSSR count). The van der Waals surface area contributed by atoms with Gasteiger partial charge in [-0.3, -0.25) is 15.0 Å². The minimum atomic E-state index is -0.535. The SMILES string of the molecule is O=[N+]([O-])c1ccc(CN2CC=C(c3ccc(F)cc3)CC2)o1. The Balaban J connectivity index is 1.62. The van der Waals surface area contributed by atoms with E-state index in [2.05, 4.69) is 11.0 Å². The Labute approximate surface area is 126 Å². The lowest BCUT2D eigenvalue weighted by Crippen LogP contribution is -2.27. The van der Waals surface area contributed by atoms with Crippen molar-refractivity contribution >= 4 is 11.5 Å². The highest BCUT2D eigenvalue weighted by Gasteiger charge is 2.17. The predicted molar refractivity (Wildman–Crippen MR) is 79.6 cm³/mol. The van der Waals surface area contributed by atoms with Crippen LogP contribution in [0.1, 0.15) is 17.7 Å². The van der Waals surface area contributed by atoms with E-state index >= 15 is 0 Å². The number of furan rings is 1. The molecule has 0 aliphatic carbocycles. The molecule has 0 spiro atoms. The largest absolute Gasteiger partial charge is 0.433 e. The van der Waals surface area contributed by atoms with Gasteiger partial charge in [-0.2, -0.15) is 0 Å². The molecule has 0 bridgehead atoms. The topological polar surface area (TPSA) is 59.5 Å². The van der Waals surface area contributed by atoms with Gasteiger partial charge in [0, 0.05) is 13.1 Å². The minimum Gasteiger partial charge on any atom is -0.404 e. The third kappa shape index (κ3) is 3.23. The van der Waals surface area contributed by atoms with Crippen LogP contribution in [0.5, 0.6) is 0 Å². The highest BCUT2D eigenvalue weighted by Crippen LogP contribution is 2.24. The maximum atomic E-state index is 12.9. The van der Waals surface area contributed by atoms with Crippen LogP contribution in [0.2, 0.25) is 0 Å². The Hall–Kier alpha value is -2.47. The second-order valence-corrected chi connectivity index (χ2v) is 5.22. The molecular formula is C16H15FN2O3. The molecular weight excluding hydrogens is 287 g/mol. The van der Waals surface area contributed by atoms with E-state index in [9.17, 15) is 14.5 Å². The Morgan fingerprint density at radius 3 is 2.59 bits per heavy atom. The summed E-state index contributed by atoms with van der Waals surface area (Å²) in [4.78, 5) is 12.2. The number of nitrogens with zero attached hydrogens (tertiary/aromatic N) is 2. The van der Waals surface area contributed by atoms with Crippen LogP contribution >= 0.6 is 0 Å². The highest BCUT2D eigenvalue weighted by molar-refractivity contribution is 5.66. The fraction of sp³-hybridized carbons (Fsp3) is 0.250. The lowest BCUT2D eigenvalue weighted by molar-refractivity contribution is -0.402. The van der Waals surface area contributed by atoms with Gasteiger partial charge < -0.3 is 4.42 Å². The van der Waals surface area contributed by atoms with Crippen LogP contribution in [0.15, 0.2) is 46.9 Å². The summed E-state index contributed by atoms with van der Waals surface area (Å²) in [6.45, 7) is 2.11. The molecule has 0 saturated carbocycles. The summed E-state index contributed by atoms with van der Waals surface area (Å²) in [5.74, 6) is 0.126. The van der Waals surface area contributed by atoms with Crippen molar-refractivity contribution in [1.29, 1.82) is 0 Å². The molecule has 0 saturated heterocycles. The fourth-order valence-electron chi connectivity index (χ4n) is 2.55. The monoisotopic (exact) mass is 302 g/mol. The molecule has 5 nitrogen and oxygen atoms in total. The van der Waals surface area contributed by atoms with E-state index in [0.29, 0.717) is 12.3 Å². The summed E-state index contributed by atoms with van der Waals surface area (Å²) in [5, 5.41) is 10.6. The number of rotatable bonds is 4. The van der Waals surface area contributed by atoms with Gasteiger partial charge in [-0.1, -0.05) is 18.2 Å². The molecule has 22 heavy (non-hydrogen) atoms. The fourth-order valence-corrected chi connectivity index (χ4v) is 2.55. The zero-order chi connectivity index (χ0) is 15.5. The summed E-state index contributed by atoms with van der Waals surface area (Å²) in [5.41, 5.74) is 2.23. The van der Waals surface area contributed by atoms with Crippen molar-refractivity contribution in [2.45, 2.75) is 13.0 Å². The van der Waals surface area contributed by atoms with Gasteiger partial charge in [0.25, 0.3) is 0 Å². The molecule has 1 aromatic heterocycles. The minimum absolute atomic E-state index is 0.227. The first kappa shape index (κ1) is 14.5. The summed E-state index contributed by atoms with van der Waals surface area (Å²) in [6.07, 6.45) is 2.96. The van der Waals surface area contributed by atoms with Crippen LogP contribution in [0.4, 0.5) is 10.3 Å². The van der Waals surface area contributed by atoms with Crippen LogP contribution < -0.4 is 0 Å². The van der Waals surface area contributed by atoms with E-state index in [0.717, 1.165) is 25.1 Å². The number of hydrogen-bond donors (Lipinski definition) is 0. The molecule has 0 unspecified atom stereocenters. The highest BCUT2D eigenvalue weighted by atomic mass is 19.1. The van der Waals surface area contributed by atoms with Gasteiger partial charge in [-0.15, -0.1) is 0 Å². The third-order valence-electron chi connectivity index (χ3n) is 3.72. The van der Waals surface area contributed by atoms with E-state index < -0.39 is 4.92 Å². The molecule has 2 heterocycles. The van der Waals surface area contributed by atoms with Crippen LogP contribution in [0, 0.1) is 15.9 Å². The molecule has 6 heteroatoms. The van der Waals surface area contributed by atoms with Gasteiger partial charge in [-0.05, 0) is 35.8 Å². The van der Waals surface area contributed by atoms with Gasteiger partial charge in [0.2, 0.25) is 0 Å². The maximum absolute atomic E-state index is 12.9. The second kappa shape index (κ2) is 6.11. The van der Waals surface area contributed by atoms with Crippen molar-refractivity contribution in [3.63, 3.8) is 0 Å². The number of halogens is 1. The Bertz CT molecular complexity index is 706. The number of benzene rings is 1. The first-order valence-electron chi connectivity index (χ1n) is 7.02. The van der Waals surface area contributed by atoms with Crippen LogP contribution in [-0.2, 0) is 6.54 Å². The molecule has 0 amide bonds. The van der Waals surface area contributed by atoms with Crippen LogP contribution in [0.25, 0.3) is 5.57 Å². The van der Waals surface area contributed by atoms with E-state index in [-0.39, 0.29) is 11.7 Å². The Kier molecular flexibility index (Phi) is 4.02. The molecule has 0 atom stereocenters. The normalized spacial score (nSPS) is 15.6. The summed E-state index contributed by atoms with van der Waals surface area (Å²) < 4.78 is 18.1. The van der Waals surface area contributed by atoms with Gasteiger partial charge in [-0.25, -0.2) is 4.39 Å². The lowest BCUT2D eigenvalue weighted by Gasteiger charge is -2.25. The Morgan fingerprint density at radius 2 is 2.00 bits per heavy atom. The molecule has 0 radical (unpaired) electrons. The number of nitro groups is 1. The molecule has 114 valence electrons. The lowest BCUT2D eigenvalue weighted by atomic mass is 9.99. The first-order chi connectivity index (χ1) is 10.6. The van der Waals surface area contributed by atoms with E-state index in [1.807, 2.05) is 0 Å². The van der Waals surface area contributed by atoms with Crippen LogP contribution in [0.3, 0.4) is 0 Å². The first-order valence-corrected chi connectivity index (χ1v) is 7.02. The molecule has 2 aromatic rings. The van der Waals surface area contributed by atoms with Crippen molar-refractivity contribution in [2.24, 2.45) is 0 Å². The van der Waals surface area contributed by atoms with Crippen LogP contribution in [-0.4, -0.2) is 22.9 Å². The van der Waals surface area contributed by atoms with Crippen molar-refractivity contribution in [2.75, 3.05) is 13.1 Å². The van der Waals surface area contributed by atoms with E-state index in [1.165, 1.54) is 23.8 Å². The zero-order valence-corrected chi connectivity index (χ0v) is 11.9. The third-order valence-corrected chi connectivity index (χ3v) is 3.72. The molecule has 1 aliphatic heterocycles. The van der Waals surface area contributed by atoms with Gasteiger partial charge in [0.05, 0.1) is 12.6 Å². The van der Waals surface area contributed by atoms with Gasteiger partial charge in [0.15, 0.2) is 0 Å². The van der Waals surface area contributed by atoms with Gasteiger partial charge >= 0.3 is 5.88 Å².